The van der Waals surface area contributed by atoms with Crippen molar-refractivity contribution in [1.29, 1.82) is 0 Å². The smallest absolute Gasteiger partial charge is 0.121 e. The van der Waals surface area contributed by atoms with Crippen LogP contribution in [0, 0.1) is 11.8 Å². The first-order valence-electron chi connectivity index (χ1n) is 6.03. The highest BCUT2D eigenvalue weighted by Gasteiger charge is 1.98. The molecule has 0 fully saturated rings. The lowest BCUT2D eigenvalue weighted by atomic mass is 10.2. The molecule has 0 aliphatic heterocycles. The van der Waals surface area contributed by atoms with Crippen molar-refractivity contribution in [2.75, 3.05) is 5.88 Å². The van der Waals surface area contributed by atoms with Gasteiger partial charge >= 0.3 is 0 Å². The summed E-state index contributed by atoms with van der Waals surface area (Å²) < 4.78 is 7.46. The first-order valence-corrected chi connectivity index (χ1v) is 6.56. The van der Waals surface area contributed by atoms with Crippen molar-refractivity contribution >= 4 is 11.6 Å². The highest BCUT2D eigenvalue weighted by Crippen LogP contribution is 2.14. The van der Waals surface area contributed by atoms with E-state index in [1.807, 2.05) is 37.5 Å². The van der Waals surface area contributed by atoms with Crippen LogP contribution in [0.4, 0.5) is 0 Å². The second-order valence-corrected chi connectivity index (χ2v) is 4.46. The van der Waals surface area contributed by atoms with Gasteiger partial charge in [-0.1, -0.05) is 17.9 Å². The number of halogens is 1. The molecule has 0 atom stereocenters. The highest BCUT2D eigenvalue weighted by molar-refractivity contribution is 6.18. The Labute approximate surface area is 118 Å². The largest absolute Gasteiger partial charge is 0.489 e. The molecule has 0 aliphatic carbocycles. The van der Waals surface area contributed by atoms with Gasteiger partial charge in [-0.05, 0) is 18.2 Å². The molecule has 0 radical (unpaired) electrons. The molecule has 19 heavy (non-hydrogen) atoms. The Kier molecular flexibility index (Phi) is 4.88. The molecule has 0 N–H and O–H groups in total. The van der Waals surface area contributed by atoms with Crippen LogP contribution in [0.15, 0.2) is 36.7 Å². The number of rotatable bonds is 4. The second kappa shape index (κ2) is 6.86. The van der Waals surface area contributed by atoms with E-state index < -0.39 is 0 Å². The quantitative estimate of drug-likeness (QED) is 0.633. The van der Waals surface area contributed by atoms with E-state index in [4.69, 9.17) is 16.3 Å². The molecule has 3 nitrogen and oxygen atoms in total. The van der Waals surface area contributed by atoms with E-state index in [0.29, 0.717) is 18.9 Å². The van der Waals surface area contributed by atoms with Crippen LogP contribution in [0.2, 0.25) is 0 Å². The van der Waals surface area contributed by atoms with Crippen LogP contribution in [-0.4, -0.2) is 15.7 Å². The zero-order valence-electron chi connectivity index (χ0n) is 10.8. The van der Waals surface area contributed by atoms with E-state index in [1.54, 1.807) is 10.9 Å². The summed E-state index contributed by atoms with van der Waals surface area (Å²) in [5.41, 5.74) is 1.98. The van der Waals surface area contributed by atoms with Crippen molar-refractivity contribution in [1.82, 2.24) is 9.78 Å². The fourth-order valence-electron chi connectivity index (χ4n) is 1.59. The fourth-order valence-corrected chi connectivity index (χ4v) is 1.68. The molecule has 2 aromatic rings. The van der Waals surface area contributed by atoms with E-state index in [2.05, 4.69) is 16.9 Å². The molecule has 0 aliphatic rings. The average Bonchev–Trinajstić information content (AvgIpc) is 2.83. The third-order valence-electron chi connectivity index (χ3n) is 2.45. The Morgan fingerprint density at radius 3 is 3.05 bits per heavy atom. The maximum atomic E-state index is 5.71. The van der Waals surface area contributed by atoms with Gasteiger partial charge < -0.3 is 4.74 Å². The molecular formula is C15H15ClN2O. The monoisotopic (exact) mass is 274 g/mol. The summed E-state index contributed by atoms with van der Waals surface area (Å²) in [6.45, 7) is 0.506. The summed E-state index contributed by atoms with van der Waals surface area (Å²) in [6, 6.07) is 7.74. The maximum absolute atomic E-state index is 5.71. The molecule has 2 rings (SSSR count). The molecule has 0 amide bonds. The fraction of sp³-hybridized carbons (Fsp3) is 0.267. The number of aryl methyl sites for hydroxylation is 1. The Morgan fingerprint density at radius 2 is 2.32 bits per heavy atom. The lowest BCUT2D eigenvalue weighted by Gasteiger charge is -2.04. The Balaban J connectivity index is 1.97. The zero-order valence-corrected chi connectivity index (χ0v) is 11.5. The zero-order chi connectivity index (χ0) is 13.5. The predicted molar refractivity (Wildman–Crippen MR) is 76.2 cm³/mol. The molecule has 0 bridgehead atoms. The highest BCUT2D eigenvalue weighted by atomic mass is 35.5. The summed E-state index contributed by atoms with van der Waals surface area (Å²) in [5, 5.41) is 4.10. The molecule has 0 unspecified atom stereocenters. The standard InChI is InChI=1S/C15H15ClN2O/c1-18-11-14(10-17-18)12-19-15-7-4-6-13(9-15)5-2-3-8-16/h4,6-7,9-11H,3,8,12H2,1H3. The summed E-state index contributed by atoms with van der Waals surface area (Å²) >= 11 is 5.58. The normalized spacial score (nSPS) is 9.79. The number of ether oxygens (including phenoxy) is 1. The van der Waals surface area contributed by atoms with E-state index in [1.165, 1.54) is 0 Å². The van der Waals surface area contributed by atoms with E-state index in [-0.39, 0.29) is 0 Å². The Hall–Kier alpha value is -1.92. The van der Waals surface area contributed by atoms with Crippen LogP contribution in [0.25, 0.3) is 0 Å². The molecule has 1 aromatic carbocycles. The minimum Gasteiger partial charge on any atom is -0.489 e. The number of nitrogens with zero attached hydrogens (tertiary/aromatic N) is 2. The van der Waals surface area contributed by atoms with Gasteiger partial charge in [0.25, 0.3) is 0 Å². The molecule has 4 heteroatoms. The summed E-state index contributed by atoms with van der Waals surface area (Å²) in [5.74, 6) is 7.43. The minimum atomic E-state index is 0.506. The van der Waals surface area contributed by atoms with Crippen LogP contribution < -0.4 is 4.74 Å². The average molecular weight is 275 g/mol. The van der Waals surface area contributed by atoms with Crippen molar-refractivity contribution in [3.05, 3.63) is 47.8 Å². The first kappa shape index (κ1) is 13.5. The topological polar surface area (TPSA) is 27.1 Å². The summed E-state index contributed by atoms with van der Waals surface area (Å²) in [6.07, 6.45) is 4.43. The van der Waals surface area contributed by atoms with Crippen molar-refractivity contribution in [2.45, 2.75) is 13.0 Å². The van der Waals surface area contributed by atoms with Crippen LogP contribution in [-0.2, 0) is 13.7 Å². The lowest BCUT2D eigenvalue weighted by Crippen LogP contribution is -1.94. The predicted octanol–water partition coefficient (Wildman–Crippen LogP) is 2.98. The van der Waals surface area contributed by atoms with Crippen LogP contribution >= 0.6 is 11.6 Å². The van der Waals surface area contributed by atoms with Gasteiger partial charge in [0.15, 0.2) is 0 Å². The van der Waals surface area contributed by atoms with Crippen LogP contribution in [0.3, 0.4) is 0 Å². The van der Waals surface area contributed by atoms with Gasteiger partial charge in [0.1, 0.15) is 12.4 Å². The maximum Gasteiger partial charge on any atom is 0.121 e. The van der Waals surface area contributed by atoms with Gasteiger partial charge in [0, 0.05) is 36.7 Å². The molecule has 0 saturated heterocycles. The van der Waals surface area contributed by atoms with Gasteiger partial charge in [-0.25, -0.2) is 0 Å². The number of hydrogen-bond donors (Lipinski definition) is 0. The van der Waals surface area contributed by atoms with Crippen molar-refractivity contribution in [2.24, 2.45) is 7.05 Å². The van der Waals surface area contributed by atoms with Crippen molar-refractivity contribution in [3.63, 3.8) is 0 Å². The molecule has 1 heterocycles. The van der Waals surface area contributed by atoms with E-state index in [9.17, 15) is 0 Å². The minimum absolute atomic E-state index is 0.506. The third kappa shape index (κ3) is 4.35. The van der Waals surface area contributed by atoms with E-state index in [0.717, 1.165) is 16.9 Å². The molecule has 1 aromatic heterocycles. The van der Waals surface area contributed by atoms with Crippen molar-refractivity contribution in [3.8, 4) is 17.6 Å². The summed E-state index contributed by atoms with van der Waals surface area (Å²) in [7, 11) is 1.89. The Morgan fingerprint density at radius 1 is 1.42 bits per heavy atom. The Bertz CT molecular complexity index is 595. The van der Waals surface area contributed by atoms with Gasteiger partial charge in [-0.2, -0.15) is 5.10 Å². The molecule has 98 valence electrons. The van der Waals surface area contributed by atoms with Crippen LogP contribution in [0.5, 0.6) is 5.75 Å². The first-order chi connectivity index (χ1) is 9.28. The van der Waals surface area contributed by atoms with Crippen LogP contribution in [0.1, 0.15) is 17.5 Å². The van der Waals surface area contributed by atoms with Crippen molar-refractivity contribution < 1.29 is 4.74 Å². The van der Waals surface area contributed by atoms with Gasteiger partial charge in [-0.3, -0.25) is 4.68 Å². The van der Waals surface area contributed by atoms with E-state index >= 15 is 0 Å². The SMILES string of the molecule is Cn1cc(COc2cccc(C#CCCCl)c2)cn1. The number of alkyl halides is 1. The third-order valence-corrected chi connectivity index (χ3v) is 2.64. The lowest BCUT2D eigenvalue weighted by molar-refractivity contribution is 0.306. The molecule has 0 saturated carbocycles. The van der Waals surface area contributed by atoms with Gasteiger partial charge in [-0.15, -0.1) is 11.6 Å². The molecular weight excluding hydrogens is 260 g/mol. The molecule has 0 spiro atoms. The second-order valence-electron chi connectivity index (χ2n) is 4.08. The van der Waals surface area contributed by atoms with Gasteiger partial charge in [0.05, 0.1) is 6.20 Å². The number of hydrogen-bond acceptors (Lipinski definition) is 2. The summed E-state index contributed by atoms with van der Waals surface area (Å²) in [4.78, 5) is 0. The number of aromatic nitrogens is 2. The van der Waals surface area contributed by atoms with Gasteiger partial charge in [0.2, 0.25) is 0 Å². The number of benzene rings is 1.